The van der Waals surface area contributed by atoms with E-state index in [2.05, 4.69) is 41.8 Å². The van der Waals surface area contributed by atoms with Crippen LogP contribution in [0.25, 0.3) is 0 Å². The second kappa shape index (κ2) is 9.00. The van der Waals surface area contributed by atoms with Gasteiger partial charge in [-0.05, 0) is 55.6 Å². The maximum absolute atomic E-state index is 5.34. The fraction of sp³-hybridized carbons (Fsp3) is 0.588. The number of nitrogens with one attached hydrogen (secondary N) is 3. The molecule has 0 radical (unpaired) electrons. The highest BCUT2D eigenvalue weighted by Crippen LogP contribution is 2.09. The Morgan fingerprint density at radius 2 is 1.86 bits per heavy atom. The van der Waals surface area contributed by atoms with Gasteiger partial charge in [-0.15, -0.1) is 0 Å². The molecule has 0 atom stereocenters. The summed E-state index contributed by atoms with van der Waals surface area (Å²) >= 11 is 5.34. The Hall–Kier alpha value is -1.13. The van der Waals surface area contributed by atoms with Gasteiger partial charge in [0.1, 0.15) is 0 Å². The number of anilines is 1. The molecule has 3 nitrogen and oxygen atoms in total. The third-order valence-electron chi connectivity index (χ3n) is 4.17. The van der Waals surface area contributed by atoms with Crippen molar-refractivity contribution in [2.24, 2.45) is 0 Å². The van der Waals surface area contributed by atoms with Crippen molar-refractivity contribution in [2.45, 2.75) is 39.0 Å². The number of thiocarbonyl (C=S) groups is 1. The Bertz CT molecular complexity index is 424. The average Bonchev–Trinajstić information content (AvgIpc) is 2.53. The normalized spacial score (nSPS) is 15.7. The lowest BCUT2D eigenvalue weighted by molar-refractivity contribution is -0.904. The molecular formula is C17H28N3S+. The Labute approximate surface area is 134 Å². The summed E-state index contributed by atoms with van der Waals surface area (Å²) in [4.78, 5) is 1.76. The summed E-state index contributed by atoms with van der Waals surface area (Å²) < 4.78 is 0. The second-order valence-corrected chi connectivity index (χ2v) is 6.25. The standard InChI is InChI=1S/C17H27N3S/c1-2-15-7-9-16(10-8-15)19-17(21)18-11-6-14-20-12-4-3-5-13-20/h7-10H,2-6,11-14H2,1H3,(H2,18,19,21)/p+1. The highest BCUT2D eigenvalue weighted by molar-refractivity contribution is 7.80. The molecule has 1 fully saturated rings. The number of piperidine rings is 1. The summed E-state index contributed by atoms with van der Waals surface area (Å²) in [5.74, 6) is 0. The first-order chi connectivity index (χ1) is 10.3. The Balaban J connectivity index is 1.60. The molecule has 116 valence electrons. The number of aryl methyl sites for hydroxylation is 1. The summed E-state index contributed by atoms with van der Waals surface area (Å²) in [7, 11) is 0. The Morgan fingerprint density at radius 1 is 1.14 bits per heavy atom. The predicted octanol–water partition coefficient (Wildman–Crippen LogP) is 1.99. The van der Waals surface area contributed by atoms with E-state index in [-0.39, 0.29) is 0 Å². The molecule has 0 saturated carbocycles. The monoisotopic (exact) mass is 306 g/mol. The molecule has 0 spiro atoms. The minimum atomic E-state index is 0.730. The number of likely N-dealkylation sites (tertiary alicyclic amines) is 1. The molecule has 21 heavy (non-hydrogen) atoms. The van der Waals surface area contributed by atoms with Crippen molar-refractivity contribution in [1.82, 2.24) is 5.32 Å². The largest absolute Gasteiger partial charge is 0.362 e. The number of hydrogen-bond donors (Lipinski definition) is 3. The van der Waals surface area contributed by atoms with E-state index >= 15 is 0 Å². The highest BCUT2D eigenvalue weighted by Gasteiger charge is 2.12. The van der Waals surface area contributed by atoms with Crippen LogP contribution in [0.5, 0.6) is 0 Å². The number of rotatable bonds is 6. The summed E-state index contributed by atoms with van der Waals surface area (Å²) in [6.07, 6.45) is 6.48. The van der Waals surface area contributed by atoms with Crippen LogP contribution in [0.2, 0.25) is 0 Å². The van der Waals surface area contributed by atoms with E-state index in [4.69, 9.17) is 12.2 Å². The van der Waals surface area contributed by atoms with Crippen molar-refractivity contribution in [3.8, 4) is 0 Å². The predicted molar refractivity (Wildman–Crippen MR) is 94.1 cm³/mol. The van der Waals surface area contributed by atoms with Crippen LogP contribution in [0.3, 0.4) is 0 Å². The van der Waals surface area contributed by atoms with Gasteiger partial charge in [-0.2, -0.15) is 0 Å². The molecule has 4 heteroatoms. The fourth-order valence-corrected chi connectivity index (χ4v) is 3.06. The van der Waals surface area contributed by atoms with Crippen molar-refractivity contribution in [3.63, 3.8) is 0 Å². The SMILES string of the molecule is CCc1ccc(NC(=S)NCCC[NH+]2CCCCC2)cc1. The molecule has 1 aliphatic rings. The van der Waals surface area contributed by atoms with Gasteiger partial charge < -0.3 is 15.5 Å². The molecule has 0 aromatic heterocycles. The summed E-state index contributed by atoms with van der Waals surface area (Å²) in [6.45, 7) is 7.10. The van der Waals surface area contributed by atoms with E-state index in [0.717, 1.165) is 23.8 Å². The van der Waals surface area contributed by atoms with E-state index in [0.29, 0.717) is 0 Å². The molecule has 1 aromatic rings. The minimum Gasteiger partial charge on any atom is -0.362 e. The van der Waals surface area contributed by atoms with Crippen LogP contribution in [-0.2, 0) is 6.42 Å². The number of quaternary nitrogens is 1. The van der Waals surface area contributed by atoms with Gasteiger partial charge in [0.2, 0.25) is 0 Å². The molecular weight excluding hydrogens is 278 g/mol. The smallest absolute Gasteiger partial charge is 0.170 e. The van der Waals surface area contributed by atoms with Gasteiger partial charge in [0.05, 0.1) is 19.6 Å². The van der Waals surface area contributed by atoms with Gasteiger partial charge in [-0.3, -0.25) is 0 Å². The van der Waals surface area contributed by atoms with Gasteiger partial charge >= 0.3 is 0 Å². The van der Waals surface area contributed by atoms with Crippen molar-refractivity contribution < 1.29 is 4.90 Å². The van der Waals surface area contributed by atoms with Crippen molar-refractivity contribution >= 4 is 23.0 Å². The lowest BCUT2D eigenvalue weighted by atomic mass is 10.1. The molecule has 2 rings (SSSR count). The number of benzene rings is 1. The maximum Gasteiger partial charge on any atom is 0.170 e. The third kappa shape index (κ3) is 6.02. The van der Waals surface area contributed by atoms with Crippen LogP contribution in [0.15, 0.2) is 24.3 Å². The van der Waals surface area contributed by atoms with Crippen LogP contribution in [-0.4, -0.2) is 31.3 Å². The first kappa shape index (κ1) is 16.2. The average molecular weight is 306 g/mol. The van der Waals surface area contributed by atoms with E-state index in [9.17, 15) is 0 Å². The van der Waals surface area contributed by atoms with Gasteiger partial charge in [0.25, 0.3) is 0 Å². The topological polar surface area (TPSA) is 28.5 Å². The molecule has 0 unspecified atom stereocenters. The highest BCUT2D eigenvalue weighted by atomic mass is 32.1. The van der Waals surface area contributed by atoms with E-state index in [1.165, 1.54) is 50.9 Å². The lowest BCUT2D eigenvalue weighted by Gasteiger charge is -2.23. The molecule has 0 amide bonds. The molecule has 3 N–H and O–H groups in total. The van der Waals surface area contributed by atoms with Crippen LogP contribution in [0.1, 0.15) is 38.2 Å². The first-order valence-corrected chi connectivity index (χ1v) is 8.66. The molecule has 1 aliphatic heterocycles. The van der Waals surface area contributed by atoms with E-state index in [1.807, 2.05) is 0 Å². The van der Waals surface area contributed by atoms with E-state index < -0.39 is 0 Å². The zero-order valence-corrected chi connectivity index (χ0v) is 13.9. The molecule has 1 heterocycles. The third-order valence-corrected chi connectivity index (χ3v) is 4.42. The van der Waals surface area contributed by atoms with Gasteiger partial charge in [0.15, 0.2) is 5.11 Å². The summed E-state index contributed by atoms with van der Waals surface area (Å²) in [5, 5.41) is 7.28. The van der Waals surface area contributed by atoms with Crippen molar-refractivity contribution in [2.75, 3.05) is 31.5 Å². The maximum atomic E-state index is 5.34. The van der Waals surface area contributed by atoms with Crippen LogP contribution in [0.4, 0.5) is 5.69 Å². The van der Waals surface area contributed by atoms with Crippen LogP contribution in [0, 0.1) is 0 Å². The summed E-state index contributed by atoms with van der Waals surface area (Å²) in [6, 6.07) is 8.46. The minimum absolute atomic E-state index is 0.730. The van der Waals surface area contributed by atoms with Gasteiger partial charge in [-0.1, -0.05) is 19.1 Å². The molecule has 1 aromatic carbocycles. The first-order valence-electron chi connectivity index (χ1n) is 8.25. The van der Waals surface area contributed by atoms with Crippen molar-refractivity contribution in [1.29, 1.82) is 0 Å². The van der Waals surface area contributed by atoms with Crippen LogP contribution < -0.4 is 15.5 Å². The van der Waals surface area contributed by atoms with Crippen LogP contribution >= 0.6 is 12.2 Å². The lowest BCUT2D eigenvalue weighted by Crippen LogP contribution is -3.12. The zero-order chi connectivity index (χ0) is 14.9. The van der Waals surface area contributed by atoms with Gasteiger partial charge in [0, 0.05) is 18.7 Å². The second-order valence-electron chi connectivity index (χ2n) is 5.85. The quantitative estimate of drug-likeness (QED) is 0.554. The Kier molecular flexibility index (Phi) is 6.96. The van der Waals surface area contributed by atoms with Gasteiger partial charge in [-0.25, -0.2) is 0 Å². The molecule has 0 bridgehead atoms. The summed E-state index contributed by atoms with van der Waals surface area (Å²) in [5.41, 5.74) is 2.41. The molecule has 0 aliphatic carbocycles. The fourth-order valence-electron chi connectivity index (χ4n) is 2.84. The zero-order valence-electron chi connectivity index (χ0n) is 13.1. The number of hydrogen-bond acceptors (Lipinski definition) is 1. The molecule has 1 saturated heterocycles. The van der Waals surface area contributed by atoms with E-state index in [1.54, 1.807) is 4.90 Å². The Morgan fingerprint density at radius 3 is 2.52 bits per heavy atom. The van der Waals surface area contributed by atoms with Crippen molar-refractivity contribution in [3.05, 3.63) is 29.8 Å².